The first-order valence-electron chi connectivity index (χ1n) is 8.24. The molecule has 0 bridgehead atoms. The van der Waals surface area contributed by atoms with Crippen LogP contribution in [0.4, 0.5) is 10.1 Å². The van der Waals surface area contributed by atoms with Crippen molar-refractivity contribution < 1.29 is 4.39 Å². The second kappa shape index (κ2) is 7.73. The third-order valence-corrected chi connectivity index (χ3v) is 4.03. The van der Waals surface area contributed by atoms with Gasteiger partial charge in [-0.3, -0.25) is 4.98 Å². The van der Waals surface area contributed by atoms with Crippen LogP contribution in [0.2, 0.25) is 0 Å². The number of nitrogens with zero attached hydrogens (tertiary/aromatic N) is 1. The second-order valence-electron chi connectivity index (χ2n) is 5.97. The Balaban J connectivity index is 1.73. The third kappa shape index (κ3) is 4.19. The summed E-state index contributed by atoms with van der Waals surface area (Å²) in [6, 6.07) is 21.2. The summed E-state index contributed by atoms with van der Waals surface area (Å²) in [6.45, 7) is 2.12. The van der Waals surface area contributed by atoms with Gasteiger partial charge in [-0.15, -0.1) is 0 Å². The van der Waals surface area contributed by atoms with Gasteiger partial charge in [0, 0.05) is 23.5 Å². The summed E-state index contributed by atoms with van der Waals surface area (Å²) in [4.78, 5) is 4.38. The molecule has 1 aromatic heterocycles. The first kappa shape index (κ1) is 16.2. The molecule has 1 atom stereocenters. The van der Waals surface area contributed by atoms with Crippen LogP contribution in [0, 0.1) is 5.82 Å². The van der Waals surface area contributed by atoms with Crippen LogP contribution in [0.3, 0.4) is 0 Å². The molecule has 1 unspecified atom stereocenters. The number of aryl methyl sites for hydroxylation is 1. The second-order valence-corrected chi connectivity index (χ2v) is 5.97. The molecule has 2 aromatic carbocycles. The van der Waals surface area contributed by atoms with E-state index in [-0.39, 0.29) is 11.9 Å². The van der Waals surface area contributed by atoms with Crippen molar-refractivity contribution in [2.45, 2.75) is 25.8 Å². The molecule has 24 heavy (non-hydrogen) atoms. The summed E-state index contributed by atoms with van der Waals surface area (Å²) < 4.78 is 13.7. The zero-order valence-electron chi connectivity index (χ0n) is 13.7. The van der Waals surface area contributed by atoms with Crippen molar-refractivity contribution in [1.29, 1.82) is 0 Å². The van der Waals surface area contributed by atoms with Crippen molar-refractivity contribution in [3.63, 3.8) is 0 Å². The molecule has 3 rings (SSSR count). The van der Waals surface area contributed by atoms with Crippen molar-refractivity contribution in [3.8, 4) is 11.3 Å². The fourth-order valence-electron chi connectivity index (χ4n) is 2.75. The molecule has 0 radical (unpaired) electrons. The average Bonchev–Trinajstić information content (AvgIpc) is 2.62. The summed E-state index contributed by atoms with van der Waals surface area (Å²) in [5.74, 6) is -0.243. The molecular weight excluding hydrogens is 299 g/mol. The Morgan fingerprint density at radius 1 is 1.00 bits per heavy atom. The van der Waals surface area contributed by atoms with E-state index in [4.69, 9.17) is 0 Å². The molecule has 0 aliphatic carbocycles. The lowest BCUT2D eigenvalue weighted by molar-refractivity contribution is 0.627. The minimum absolute atomic E-state index is 0.231. The Morgan fingerprint density at radius 3 is 2.54 bits per heavy atom. The fourth-order valence-corrected chi connectivity index (χ4v) is 2.75. The van der Waals surface area contributed by atoms with Gasteiger partial charge < -0.3 is 5.32 Å². The smallest absolute Gasteiger partial charge is 0.125 e. The maximum Gasteiger partial charge on any atom is 0.125 e. The highest BCUT2D eigenvalue weighted by atomic mass is 19.1. The SMILES string of the molecule is CC(CCc1ccccc1)Nc1cc(F)ccc1-c1ccccn1. The lowest BCUT2D eigenvalue weighted by Gasteiger charge is -2.18. The molecule has 2 nitrogen and oxygen atoms in total. The molecule has 0 saturated carbocycles. The number of rotatable bonds is 6. The highest BCUT2D eigenvalue weighted by Crippen LogP contribution is 2.28. The number of anilines is 1. The lowest BCUT2D eigenvalue weighted by atomic mass is 10.0. The van der Waals surface area contributed by atoms with E-state index in [0.29, 0.717) is 0 Å². The number of nitrogens with one attached hydrogen (secondary N) is 1. The van der Waals surface area contributed by atoms with E-state index in [1.807, 2.05) is 24.3 Å². The Morgan fingerprint density at radius 2 is 1.79 bits per heavy atom. The maximum absolute atomic E-state index is 13.7. The molecule has 3 aromatic rings. The topological polar surface area (TPSA) is 24.9 Å². The van der Waals surface area contributed by atoms with Crippen molar-refractivity contribution in [2.75, 3.05) is 5.32 Å². The van der Waals surface area contributed by atoms with Crippen molar-refractivity contribution in [2.24, 2.45) is 0 Å². The predicted molar refractivity (Wildman–Crippen MR) is 97.5 cm³/mol. The summed E-state index contributed by atoms with van der Waals surface area (Å²) in [5.41, 5.74) is 3.86. The minimum atomic E-state index is -0.243. The number of hydrogen-bond acceptors (Lipinski definition) is 2. The van der Waals surface area contributed by atoms with Gasteiger partial charge in [0.1, 0.15) is 5.82 Å². The molecule has 0 spiro atoms. The van der Waals surface area contributed by atoms with E-state index >= 15 is 0 Å². The molecule has 3 heteroatoms. The molecule has 1 N–H and O–H groups in total. The highest BCUT2D eigenvalue weighted by molar-refractivity contribution is 5.75. The molecular formula is C21H21FN2. The molecule has 0 amide bonds. The van der Waals surface area contributed by atoms with E-state index in [0.717, 1.165) is 29.8 Å². The average molecular weight is 320 g/mol. The summed E-state index contributed by atoms with van der Waals surface area (Å²) in [7, 11) is 0. The Kier molecular flexibility index (Phi) is 5.22. The van der Waals surface area contributed by atoms with E-state index in [1.54, 1.807) is 18.3 Å². The zero-order chi connectivity index (χ0) is 16.8. The summed E-state index contributed by atoms with van der Waals surface area (Å²) in [5, 5.41) is 3.44. The Bertz CT molecular complexity index is 772. The molecule has 0 fully saturated rings. The van der Waals surface area contributed by atoms with Gasteiger partial charge in [-0.1, -0.05) is 36.4 Å². The molecule has 0 aliphatic heterocycles. The molecule has 122 valence electrons. The zero-order valence-corrected chi connectivity index (χ0v) is 13.7. The monoisotopic (exact) mass is 320 g/mol. The van der Waals surface area contributed by atoms with Gasteiger partial charge in [-0.2, -0.15) is 0 Å². The molecule has 1 heterocycles. The summed E-state index contributed by atoms with van der Waals surface area (Å²) in [6.07, 6.45) is 3.72. The van der Waals surface area contributed by atoms with E-state index in [9.17, 15) is 4.39 Å². The number of pyridine rings is 1. The van der Waals surface area contributed by atoms with Gasteiger partial charge in [0.15, 0.2) is 0 Å². The standard InChI is InChI=1S/C21H21FN2/c1-16(10-11-17-7-3-2-4-8-17)24-21-15-18(22)12-13-19(21)20-9-5-6-14-23-20/h2-9,12-16,24H,10-11H2,1H3. The van der Waals surface area contributed by atoms with Gasteiger partial charge >= 0.3 is 0 Å². The van der Waals surface area contributed by atoms with Crippen LogP contribution < -0.4 is 5.32 Å². The van der Waals surface area contributed by atoms with Gasteiger partial charge in [-0.25, -0.2) is 4.39 Å². The first-order chi connectivity index (χ1) is 11.7. The minimum Gasteiger partial charge on any atom is -0.382 e. The van der Waals surface area contributed by atoms with Gasteiger partial charge in [-0.05, 0) is 55.7 Å². The Hall–Kier alpha value is -2.68. The van der Waals surface area contributed by atoms with E-state index in [1.165, 1.54) is 11.6 Å². The quantitative estimate of drug-likeness (QED) is 0.665. The number of benzene rings is 2. The molecule has 0 saturated heterocycles. The Labute approximate surface area is 142 Å². The number of halogens is 1. The number of hydrogen-bond donors (Lipinski definition) is 1. The van der Waals surface area contributed by atoms with Crippen LogP contribution >= 0.6 is 0 Å². The number of aromatic nitrogens is 1. The van der Waals surface area contributed by atoms with E-state index in [2.05, 4.69) is 41.5 Å². The van der Waals surface area contributed by atoms with Crippen LogP contribution in [-0.4, -0.2) is 11.0 Å². The van der Waals surface area contributed by atoms with Crippen LogP contribution in [0.15, 0.2) is 72.9 Å². The highest BCUT2D eigenvalue weighted by Gasteiger charge is 2.10. The van der Waals surface area contributed by atoms with E-state index < -0.39 is 0 Å². The summed E-state index contributed by atoms with van der Waals surface area (Å²) >= 11 is 0. The first-order valence-corrected chi connectivity index (χ1v) is 8.24. The predicted octanol–water partition coefficient (Wildman–Crippen LogP) is 5.32. The molecule has 0 aliphatic rings. The van der Waals surface area contributed by atoms with Crippen molar-refractivity contribution in [3.05, 3.63) is 84.3 Å². The van der Waals surface area contributed by atoms with Gasteiger partial charge in [0.2, 0.25) is 0 Å². The maximum atomic E-state index is 13.7. The van der Waals surface area contributed by atoms with Crippen LogP contribution in [0.5, 0.6) is 0 Å². The normalized spacial score (nSPS) is 11.9. The van der Waals surface area contributed by atoms with Crippen LogP contribution in [0.25, 0.3) is 11.3 Å². The van der Waals surface area contributed by atoms with Gasteiger partial charge in [0.05, 0.1) is 5.69 Å². The van der Waals surface area contributed by atoms with Gasteiger partial charge in [0.25, 0.3) is 0 Å². The third-order valence-electron chi connectivity index (χ3n) is 4.03. The lowest BCUT2D eigenvalue weighted by Crippen LogP contribution is -2.16. The van der Waals surface area contributed by atoms with Crippen LogP contribution in [0.1, 0.15) is 18.9 Å². The van der Waals surface area contributed by atoms with Crippen LogP contribution in [-0.2, 0) is 6.42 Å². The fraction of sp³-hybridized carbons (Fsp3) is 0.190. The van der Waals surface area contributed by atoms with Crippen molar-refractivity contribution >= 4 is 5.69 Å². The van der Waals surface area contributed by atoms with Crippen molar-refractivity contribution in [1.82, 2.24) is 4.98 Å². The largest absolute Gasteiger partial charge is 0.382 e.